The molecule has 0 amide bonds. The maximum atomic E-state index is 12.6. The first-order valence-electron chi connectivity index (χ1n) is 4.61. The van der Waals surface area contributed by atoms with E-state index < -0.39 is 46.4 Å². The molecule has 1 rings (SSSR count). The van der Waals surface area contributed by atoms with Crippen LogP contribution in [0.25, 0.3) is 0 Å². The summed E-state index contributed by atoms with van der Waals surface area (Å²) in [5.41, 5.74) is -3.77. The van der Waals surface area contributed by atoms with E-state index in [1.54, 1.807) is 0 Å². The number of aromatic carboxylic acids is 1. The topological polar surface area (TPSA) is 59.4 Å². The van der Waals surface area contributed by atoms with Gasteiger partial charge in [0.05, 0.1) is 5.56 Å². The Hall–Kier alpha value is -1.52. The molecule has 0 aromatic carbocycles. The first kappa shape index (κ1) is 16.5. The van der Waals surface area contributed by atoms with Crippen molar-refractivity contribution in [3.63, 3.8) is 0 Å². The molecule has 0 aliphatic rings. The van der Waals surface area contributed by atoms with Gasteiger partial charge in [0.25, 0.3) is 0 Å². The molecule has 1 aromatic rings. The number of ether oxygens (including phenoxy) is 1. The van der Waals surface area contributed by atoms with Gasteiger partial charge >= 0.3 is 18.5 Å². The highest BCUT2D eigenvalue weighted by molar-refractivity contribution is 9.08. The van der Waals surface area contributed by atoms with Crippen molar-refractivity contribution in [2.75, 3.05) is 0 Å². The molecule has 1 aromatic heterocycles. The molecule has 0 atom stereocenters. The lowest BCUT2D eigenvalue weighted by Gasteiger charge is -2.18. The van der Waals surface area contributed by atoms with Crippen molar-refractivity contribution in [3.8, 4) is 5.75 Å². The minimum absolute atomic E-state index is 0.142. The van der Waals surface area contributed by atoms with E-state index in [4.69, 9.17) is 5.11 Å². The molecule has 0 radical (unpaired) electrons. The second kappa shape index (κ2) is 5.46. The number of hydrogen-bond acceptors (Lipinski definition) is 3. The number of rotatable bonds is 3. The first-order valence-corrected chi connectivity index (χ1v) is 5.73. The quantitative estimate of drug-likeness (QED) is 0.655. The van der Waals surface area contributed by atoms with Gasteiger partial charge in [-0.3, -0.25) is 0 Å². The Kier molecular flexibility index (Phi) is 4.52. The summed E-state index contributed by atoms with van der Waals surface area (Å²) in [5.74, 6) is -3.43. The fraction of sp³-hybridized carbons (Fsp3) is 0.333. The van der Waals surface area contributed by atoms with E-state index in [-0.39, 0.29) is 6.20 Å². The molecule has 0 fully saturated rings. The van der Waals surface area contributed by atoms with Crippen molar-refractivity contribution in [2.45, 2.75) is 17.9 Å². The van der Waals surface area contributed by atoms with Crippen LogP contribution >= 0.6 is 15.9 Å². The average Bonchev–Trinajstić information content (AvgIpc) is 2.24. The van der Waals surface area contributed by atoms with Crippen LogP contribution in [0.3, 0.4) is 0 Å². The maximum absolute atomic E-state index is 12.6. The van der Waals surface area contributed by atoms with Crippen LogP contribution in [-0.4, -0.2) is 22.4 Å². The van der Waals surface area contributed by atoms with Gasteiger partial charge in [0.15, 0.2) is 11.4 Å². The summed E-state index contributed by atoms with van der Waals surface area (Å²) in [6.07, 6.45) is -10.2. The number of carboxylic acid groups (broad SMARTS) is 1. The molecule has 0 bridgehead atoms. The van der Waals surface area contributed by atoms with Crippen LogP contribution in [0.15, 0.2) is 6.20 Å². The Labute approximate surface area is 115 Å². The van der Waals surface area contributed by atoms with Crippen LogP contribution in [-0.2, 0) is 11.5 Å². The minimum Gasteiger partial charge on any atom is -0.476 e. The lowest BCUT2D eigenvalue weighted by atomic mass is 10.1. The van der Waals surface area contributed by atoms with Crippen molar-refractivity contribution in [1.82, 2.24) is 4.98 Å². The summed E-state index contributed by atoms with van der Waals surface area (Å²) < 4.78 is 77.9. The van der Waals surface area contributed by atoms with Crippen molar-refractivity contribution in [3.05, 3.63) is 23.0 Å². The van der Waals surface area contributed by atoms with Gasteiger partial charge < -0.3 is 9.84 Å². The zero-order valence-electron chi connectivity index (χ0n) is 9.14. The zero-order valence-corrected chi connectivity index (χ0v) is 10.7. The molecule has 0 spiro atoms. The zero-order chi connectivity index (χ0) is 15.7. The van der Waals surface area contributed by atoms with E-state index in [2.05, 4.69) is 25.7 Å². The summed E-state index contributed by atoms with van der Waals surface area (Å²) in [4.78, 5) is 13.6. The van der Waals surface area contributed by atoms with Crippen LogP contribution in [0.2, 0.25) is 0 Å². The van der Waals surface area contributed by atoms with Crippen molar-refractivity contribution >= 4 is 21.9 Å². The van der Waals surface area contributed by atoms with Gasteiger partial charge in [-0.15, -0.1) is 13.2 Å². The summed E-state index contributed by atoms with van der Waals surface area (Å²) in [6, 6.07) is 0. The molecule has 112 valence electrons. The van der Waals surface area contributed by atoms with E-state index in [0.717, 1.165) is 0 Å². The molecule has 0 unspecified atom stereocenters. The first-order chi connectivity index (χ1) is 8.97. The molecule has 0 saturated carbocycles. The number of alkyl halides is 7. The smallest absolute Gasteiger partial charge is 0.476 e. The molecule has 11 heteroatoms. The molecule has 20 heavy (non-hydrogen) atoms. The van der Waals surface area contributed by atoms with Crippen LogP contribution in [0.4, 0.5) is 26.3 Å². The van der Waals surface area contributed by atoms with Gasteiger partial charge in [-0.05, 0) is 0 Å². The average molecular weight is 368 g/mol. The van der Waals surface area contributed by atoms with E-state index >= 15 is 0 Å². The van der Waals surface area contributed by atoms with Gasteiger partial charge in [-0.25, -0.2) is 9.78 Å². The highest BCUT2D eigenvalue weighted by atomic mass is 79.9. The second-order valence-corrected chi connectivity index (χ2v) is 3.87. The third-order valence-electron chi connectivity index (χ3n) is 2.00. The normalized spacial score (nSPS) is 12.3. The molecule has 0 aliphatic heterocycles. The molecular weight excluding hydrogens is 364 g/mol. The summed E-state index contributed by atoms with van der Waals surface area (Å²) in [7, 11) is 0. The lowest BCUT2D eigenvalue weighted by molar-refractivity contribution is -0.275. The number of hydrogen-bond donors (Lipinski definition) is 1. The Morgan fingerprint density at radius 2 is 1.85 bits per heavy atom. The summed E-state index contributed by atoms with van der Waals surface area (Å²) in [5, 5.41) is 7.97. The third-order valence-corrected chi connectivity index (χ3v) is 2.56. The van der Waals surface area contributed by atoms with Crippen molar-refractivity contribution < 1.29 is 41.0 Å². The van der Waals surface area contributed by atoms with Crippen molar-refractivity contribution in [2.24, 2.45) is 0 Å². The maximum Gasteiger partial charge on any atom is 0.573 e. The predicted molar refractivity (Wildman–Crippen MR) is 55.5 cm³/mol. The fourth-order valence-electron chi connectivity index (χ4n) is 1.29. The number of carboxylic acids is 1. The standard InChI is InChI=1S/C9H4BrF6NO3/c10-1-3-4(8(11,12)13)2-17-5(7(18)19)6(3)20-9(14,15)16/h2H,1H2,(H,18,19). The number of halogens is 7. The predicted octanol–water partition coefficient (Wildman–Crippen LogP) is 3.59. The van der Waals surface area contributed by atoms with Crippen LogP contribution in [0.1, 0.15) is 21.6 Å². The lowest BCUT2D eigenvalue weighted by Crippen LogP contribution is -2.22. The van der Waals surface area contributed by atoms with Gasteiger partial charge in [0.1, 0.15) is 0 Å². The van der Waals surface area contributed by atoms with E-state index in [1.807, 2.05) is 0 Å². The summed E-state index contributed by atoms with van der Waals surface area (Å²) in [6.45, 7) is 0. The number of pyridine rings is 1. The van der Waals surface area contributed by atoms with Crippen molar-refractivity contribution in [1.29, 1.82) is 0 Å². The number of nitrogens with zero attached hydrogens (tertiary/aromatic N) is 1. The molecule has 1 N–H and O–H groups in total. The summed E-state index contributed by atoms with van der Waals surface area (Å²) >= 11 is 2.57. The largest absolute Gasteiger partial charge is 0.573 e. The second-order valence-electron chi connectivity index (χ2n) is 3.31. The molecule has 4 nitrogen and oxygen atoms in total. The Bertz CT molecular complexity index is 528. The van der Waals surface area contributed by atoms with Gasteiger partial charge in [-0.2, -0.15) is 13.2 Å². The van der Waals surface area contributed by atoms with Crippen LogP contribution in [0.5, 0.6) is 5.75 Å². The Balaban J connectivity index is 3.59. The van der Waals surface area contributed by atoms with E-state index in [1.165, 1.54) is 0 Å². The van der Waals surface area contributed by atoms with E-state index in [9.17, 15) is 31.1 Å². The molecular formula is C9H4BrF6NO3. The Morgan fingerprint density at radius 3 is 2.20 bits per heavy atom. The molecule has 0 saturated heterocycles. The third kappa shape index (κ3) is 3.74. The Morgan fingerprint density at radius 1 is 1.30 bits per heavy atom. The highest BCUT2D eigenvalue weighted by Gasteiger charge is 2.40. The fourth-order valence-corrected chi connectivity index (χ4v) is 1.84. The highest BCUT2D eigenvalue weighted by Crippen LogP contribution is 2.39. The van der Waals surface area contributed by atoms with Crippen LogP contribution < -0.4 is 4.74 Å². The van der Waals surface area contributed by atoms with Gasteiger partial charge in [-0.1, -0.05) is 15.9 Å². The molecule has 0 aliphatic carbocycles. The number of aromatic nitrogens is 1. The van der Waals surface area contributed by atoms with Crippen LogP contribution in [0, 0.1) is 0 Å². The van der Waals surface area contributed by atoms with E-state index in [0.29, 0.717) is 0 Å². The SMILES string of the molecule is O=C(O)c1ncc(C(F)(F)F)c(CBr)c1OC(F)(F)F. The monoisotopic (exact) mass is 367 g/mol. The van der Waals surface area contributed by atoms with Gasteiger partial charge in [0, 0.05) is 17.1 Å². The molecule has 1 heterocycles. The number of carbonyl (C=O) groups is 1. The minimum atomic E-state index is -5.35. The van der Waals surface area contributed by atoms with Gasteiger partial charge in [0.2, 0.25) is 0 Å².